The molecule has 98 valence electrons. The van der Waals surface area contributed by atoms with Gasteiger partial charge in [-0.15, -0.1) is 0 Å². The Morgan fingerprint density at radius 1 is 0.938 bits per heavy atom. The Morgan fingerprint density at radius 3 is 1.56 bits per heavy atom. The summed E-state index contributed by atoms with van der Waals surface area (Å²) in [6, 6.07) is 2.98. The Bertz CT molecular complexity index is 173. The van der Waals surface area contributed by atoms with Crippen molar-refractivity contribution < 1.29 is 31.8 Å². The molecule has 0 atom stereocenters. The van der Waals surface area contributed by atoms with Crippen molar-refractivity contribution in [3.05, 3.63) is 0 Å². The zero-order valence-corrected chi connectivity index (χ0v) is 13.5. The Labute approximate surface area is 105 Å². The van der Waals surface area contributed by atoms with Crippen LogP contribution >= 0.6 is 0 Å². The van der Waals surface area contributed by atoms with Gasteiger partial charge >= 0.3 is 105 Å². The summed E-state index contributed by atoms with van der Waals surface area (Å²) in [6.45, 7) is 6.35. The molecule has 0 fully saturated rings. The van der Waals surface area contributed by atoms with Crippen LogP contribution < -0.4 is 0 Å². The predicted octanol–water partition coefficient (Wildman–Crippen LogP) is 2.62. The van der Waals surface area contributed by atoms with E-state index in [1.165, 1.54) is 7.11 Å². The summed E-state index contributed by atoms with van der Waals surface area (Å²) in [6.07, 6.45) is 3.11. The van der Waals surface area contributed by atoms with Crippen LogP contribution in [0.2, 0.25) is 18.1 Å². The van der Waals surface area contributed by atoms with E-state index in [-0.39, 0.29) is 0 Å². The van der Waals surface area contributed by atoms with Crippen LogP contribution in [-0.2, 0) is 24.5 Å². The fourth-order valence-electron chi connectivity index (χ4n) is 2.22. The minimum atomic E-state index is -4.37. The van der Waals surface area contributed by atoms with Gasteiger partial charge in [0.05, 0.1) is 0 Å². The van der Waals surface area contributed by atoms with Gasteiger partial charge in [0.15, 0.2) is 0 Å². The van der Waals surface area contributed by atoms with E-state index >= 15 is 0 Å². The van der Waals surface area contributed by atoms with E-state index in [9.17, 15) is 7.38 Å². The summed E-state index contributed by atoms with van der Waals surface area (Å²) < 4.78 is 29.8. The van der Waals surface area contributed by atoms with Gasteiger partial charge in [0.1, 0.15) is 0 Å². The van der Waals surface area contributed by atoms with Gasteiger partial charge in [0.2, 0.25) is 0 Å². The molecule has 0 amide bonds. The van der Waals surface area contributed by atoms with Gasteiger partial charge in [-0.1, -0.05) is 0 Å². The first-order valence-corrected chi connectivity index (χ1v) is 11.4. The van der Waals surface area contributed by atoms with Gasteiger partial charge in [-0.05, 0) is 0 Å². The molecule has 2 N–H and O–H groups in total. The predicted molar refractivity (Wildman–Crippen MR) is 63.6 cm³/mol. The van der Waals surface area contributed by atoms with E-state index in [2.05, 4.69) is 20.8 Å². The van der Waals surface area contributed by atoms with Crippen molar-refractivity contribution in [1.82, 2.24) is 0 Å². The van der Waals surface area contributed by atoms with E-state index in [1.807, 2.05) is 0 Å². The average molecular weight is 286 g/mol. The molecule has 6 heteroatoms. The second-order valence-electron chi connectivity index (χ2n) is 4.29. The molecule has 0 aromatic heterocycles. The third-order valence-corrected chi connectivity index (χ3v) is 11.8. The zero-order chi connectivity index (χ0) is 12.7. The third kappa shape index (κ3) is 5.91. The van der Waals surface area contributed by atoms with Gasteiger partial charge in [-0.2, -0.15) is 0 Å². The fourth-order valence-corrected chi connectivity index (χ4v) is 11.1. The monoisotopic (exact) mass is 286 g/mol. The van der Waals surface area contributed by atoms with Crippen molar-refractivity contribution in [3.8, 4) is 0 Å². The number of hydrogen-bond donors (Lipinski definition) is 2. The normalized spacial score (nSPS) is 13.1. The molecule has 0 aliphatic rings. The maximum atomic E-state index is 9.67. The van der Waals surface area contributed by atoms with E-state index in [1.54, 1.807) is 0 Å². The molecule has 0 aliphatic heterocycles. The molecule has 0 aromatic carbocycles. The molecule has 0 saturated heterocycles. The van der Waals surface area contributed by atoms with Gasteiger partial charge in [0.25, 0.3) is 0 Å². The van der Waals surface area contributed by atoms with Crippen molar-refractivity contribution in [2.45, 2.75) is 58.2 Å². The molecular formula is C10H26O4SiTi. The molecule has 0 aromatic rings. The van der Waals surface area contributed by atoms with Crippen LogP contribution in [0.15, 0.2) is 0 Å². The molecule has 16 heavy (non-hydrogen) atoms. The van der Waals surface area contributed by atoms with Crippen LogP contribution in [0.3, 0.4) is 0 Å². The van der Waals surface area contributed by atoms with Gasteiger partial charge in [0, 0.05) is 0 Å². The van der Waals surface area contributed by atoms with E-state index in [4.69, 9.17) is 6.33 Å². The van der Waals surface area contributed by atoms with Crippen LogP contribution in [0.5, 0.6) is 0 Å². The molecular weight excluding hydrogens is 260 g/mol. The molecule has 0 rings (SSSR count). The van der Waals surface area contributed by atoms with Crippen molar-refractivity contribution in [2.24, 2.45) is 0 Å². The molecule has 0 spiro atoms. The second-order valence-corrected chi connectivity index (χ2v) is 11.7. The van der Waals surface area contributed by atoms with Crippen molar-refractivity contribution in [3.63, 3.8) is 0 Å². The quantitative estimate of drug-likeness (QED) is 0.640. The van der Waals surface area contributed by atoms with E-state index < -0.39 is 26.5 Å². The topological polar surface area (TPSA) is 58.9 Å². The van der Waals surface area contributed by atoms with Crippen LogP contribution in [0.25, 0.3) is 0 Å². The van der Waals surface area contributed by atoms with Gasteiger partial charge in [-0.3, -0.25) is 0 Å². The first kappa shape index (κ1) is 16.8. The third-order valence-electron chi connectivity index (χ3n) is 2.73. The van der Waals surface area contributed by atoms with Crippen molar-refractivity contribution in [2.75, 3.05) is 7.11 Å². The summed E-state index contributed by atoms with van der Waals surface area (Å²) in [5.74, 6) is 0. The number of hydrogen-bond acceptors (Lipinski definition) is 4. The maximum absolute atomic E-state index is 9.67. The van der Waals surface area contributed by atoms with Crippen LogP contribution in [0, 0.1) is 0 Å². The van der Waals surface area contributed by atoms with E-state index in [0.29, 0.717) is 0 Å². The van der Waals surface area contributed by atoms with E-state index in [0.717, 1.165) is 37.4 Å². The minimum absolute atomic E-state index is 0.992. The summed E-state index contributed by atoms with van der Waals surface area (Å²) in [7, 11) is -0.671. The van der Waals surface area contributed by atoms with Gasteiger partial charge < -0.3 is 0 Å². The number of rotatable bonds is 9. The second kappa shape index (κ2) is 7.98. The summed E-state index contributed by atoms with van der Waals surface area (Å²) in [4.78, 5) is 0. The first-order chi connectivity index (χ1) is 7.45. The Morgan fingerprint density at radius 2 is 1.31 bits per heavy atom. The molecule has 0 aliphatic carbocycles. The SMILES string of the molecule is CCC[Si](CCC)(CCC)[O][Ti]([OH])([OH])[O]C. The van der Waals surface area contributed by atoms with Crippen molar-refractivity contribution >= 4 is 8.32 Å². The zero-order valence-electron chi connectivity index (χ0n) is 11.0. The van der Waals surface area contributed by atoms with Crippen LogP contribution in [-0.4, -0.2) is 22.8 Å². The summed E-state index contributed by atoms with van der Waals surface area (Å²) in [5, 5.41) is 0. The van der Waals surface area contributed by atoms with Crippen LogP contribution in [0.1, 0.15) is 40.0 Å². The molecule has 0 heterocycles. The molecule has 4 nitrogen and oxygen atoms in total. The molecule has 0 saturated carbocycles. The summed E-state index contributed by atoms with van der Waals surface area (Å²) in [5.41, 5.74) is 0. The Kier molecular flexibility index (Phi) is 8.36. The first-order valence-electron chi connectivity index (χ1n) is 6.15. The Balaban J connectivity index is 4.71. The Hall–Kier alpha value is 0.771. The molecule has 0 unspecified atom stereocenters. The standard InChI is InChI=1S/C9H21OSi.CH3O.2H2O.Ti/c1-4-7-11(10,8-5-2)9-6-3;1-2;;;/h4-9H2,1-3H3;1H3;2*1H2;/q2*-1;;;+4/p-2. The van der Waals surface area contributed by atoms with Crippen molar-refractivity contribution in [1.29, 1.82) is 0 Å². The average Bonchev–Trinajstić information content (AvgIpc) is 2.18. The fraction of sp³-hybridized carbons (Fsp3) is 1.00. The molecule has 0 bridgehead atoms. The summed E-state index contributed by atoms with van der Waals surface area (Å²) >= 11 is -4.37. The molecule has 0 radical (unpaired) electrons. The van der Waals surface area contributed by atoms with Gasteiger partial charge in [-0.25, -0.2) is 0 Å². The van der Waals surface area contributed by atoms with Crippen LogP contribution in [0.4, 0.5) is 0 Å².